The van der Waals surface area contributed by atoms with E-state index in [2.05, 4.69) is 0 Å². The fraction of sp³-hybridized carbons (Fsp3) is 0.304. The Labute approximate surface area is 317 Å². The molecule has 0 radical (unpaired) electrons. The van der Waals surface area contributed by atoms with Crippen LogP contribution in [0.5, 0.6) is 23.0 Å². The molecule has 0 spiro atoms. The molecular formula is C46H48O8. The molecule has 0 amide bonds. The third-order valence-corrected chi connectivity index (χ3v) is 9.24. The Bertz CT molecular complexity index is 1700. The van der Waals surface area contributed by atoms with E-state index in [1.807, 2.05) is 97.1 Å². The van der Waals surface area contributed by atoms with Gasteiger partial charge in [-0.3, -0.25) is 19.2 Å². The van der Waals surface area contributed by atoms with Crippen molar-refractivity contribution < 1.29 is 38.1 Å². The maximum atomic E-state index is 11.1. The molecule has 8 nitrogen and oxygen atoms in total. The van der Waals surface area contributed by atoms with Crippen molar-refractivity contribution in [2.24, 2.45) is 0 Å². The number of hydrogen-bond acceptors (Lipinski definition) is 8. The lowest BCUT2D eigenvalue weighted by molar-refractivity contribution is -0.132. The van der Waals surface area contributed by atoms with Crippen molar-refractivity contribution in [1.82, 2.24) is 0 Å². The normalized spacial score (nSPS) is 13.8. The topological polar surface area (TPSA) is 105 Å². The van der Waals surface area contributed by atoms with Gasteiger partial charge in [-0.25, -0.2) is 0 Å². The molecule has 0 aliphatic heterocycles. The maximum absolute atomic E-state index is 11.1. The SMILES string of the molecule is CC(=O)Oc1ccc(C(=C2CCCCC2)c2ccc(OC(C)=O)cc2)cc1.CC(=O)Oc1ccc(C(=C2CCCCC2)c2ccc(OC(C)=O)cc2)cc1. The van der Waals surface area contributed by atoms with Crippen LogP contribution in [0.2, 0.25) is 0 Å². The Morgan fingerprint density at radius 1 is 0.333 bits per heavy atom. The Hall–Kier alpha value is -5.76. The summed E-state index contributed by atoms with van der Waals surface area (Å²) in [7, 11) is 0. The standard InChI is InChI=1S/2C23H24O4/c2*1-16(24)26-21-12-8-19(9-13-21)23(18-6-4-3-5-7-18)20-10-14-22(15-11-20)27-17(2)25/h2*8-15H,3-7H2,1-2H3. The first-order valence-electron chi connectivity index (χ1n) is 18.6. The molecule has 0 atom stereocenters. The van der Waals surface area contributed by atoms with Crippen LogP contribution >= 0.6 is 0 Å². The second kappa shape index (κ2) is 19.4. The average Bonchev–Trinajstić information content (AvgIpc) is 3.15. The van der Waals surface area contributed by atoms with Gasteiger partial charge in [0, 0.05) is 27.7 Å². The predicted molar refractivity (Wildman–Crippen MR) is 209 cm³/mol. The van der Waals surface area contributed by atoms with Gasteiger partial charge in [-0.05, 0) is 133 Å². The van der Waals surface area contributed by atoms with Gasteiger partial charge >= 0.3 is 23.9 Å². The van der Waals surface area contributed by atoms with Crippen molar-refractivity contribution in [3.63, 3.8) is 0 Å². The fourth-order valence-electron chi connectivity index (χ4n) is 7.03. The van der Waals surface area contributed by atoms with Gasteiger partial charge in [0.2, 0.25) is 0 Å². The van der Waals surface area contributed by atoms with E-state index in [9.17, 15) is 19.2 Å². The molecule has 0 aromatic heterocycles. The molecule has 2 aliphatic carbocycles. The van der Waals surface area contributed by atoms with Crippen molar-refractivity contribution in [1.29, 1.82) is 0 Å². The van der Waals surface area contributed by atoms with Crippen LogP contribution in [0.1, 0.15) is 114 Å². The highest BCUT2D eigenvalue weighted by atomic mass is 16.5. The summed E-state index contributed by atoms with van der Waals surface area (Å²) in [5, 5.41) is 0. The van der Waals surface area contributed by atoms with Gasteiger partial charge in [-0.2, -0.15) is 0 Å². The summed E-state index contributed by atoms with van der Waals surface area (Å²) in [5.74, 6) is 0.886. The molecule has 8 heteroatoms. The molecular weight excluding hydrogens is 680 g/mol. The second-order valence-electron chi connectivity index (χ2n) is 13.6. The summed E-state index contributed by atoms with van der Waals surface area (Å²) in [5.41, 5.74) is 9.73. The monoisotopic (exact) mass is 728 g/mol. The number of ether oxygens (including phenoxy) is 4. The molecule has 0 unspecified atom stereocenters. The zero-order chi connectivity index (χ0) is 38.5. The summed E-state index contributed by atoms with van der Waals surface area (Å²) in [6.45, 7) is 5.59. The molecule has 0 heterocycles. The zero-order valence-electron chi connectivity index (χ0n) is 31.6. The van der Waals surface area contributed by atoms with E-state index in [0.29, 0.717) is 23.0 Å². The smallest absolute Gasteiger partial charge is 0.308 e. The van der Waals surface area contributed by atoms with Crippen LogP contribution in [-0.2, 0) is 19.2 Å². The number of rotatable bonds is 8. The van der Waals surface area contributed by atoms with Gasteiger partial charge in [0.25, 0.3) is 0 Å². The summed E-state index contributed by atoms with van der Waals surface area (Å²) in [6, 6.07) is 30.6. The largest absolute Gasteiger partial charge is 0.427 e. The molecule has 54 heavy (non-hydrogen) atoms. The summed E-state index contributed by atoms with van der Waals surface area (Å²) >= 11 is 0. The Morgan fingerprint density at radius 3 is 0.722 bits per heavy atom. The molecule has 2 saturated carbocycles. The van der Waals surface area contributed by atoms with E-state index < -0.39 is 0 Å². The number of hydrogen-bond donors (Lipinski definition) is 0. The summed E-state index contributed by atoms with van der Waals surface area (Å²) in [4.78, 5) is 44.6. The van der Waals surface area contributed by atoms with Crippen molar-refractivity contribution >= 4 is 35.0 Å². The van der Waals surface area contributed by atoms with E-state index in [4.69, 9.17) is 18.9 Å². The van der Waals surface area contributed by atoms with E-state index in [0.717, 1.165) is 47.9 Å². The van der Waals surface area contributed by atoms with Crippen molar-refractivity contribution in [2.75, 3.05) is 0 Å². The van der Waals surface area contributed by atoms with Gasteiger partial charge in [-0.1, -0.05) is 72.5 Å². The summed E-state index contributed by atoms with van der Waals surface area (Å²) < 4.78 is 20.6. The van der Waals surface area contributed by atoms with Crippen LogP contribution in [0, 0.1) is 0 Å². The first kappa shape index (κ1) is 39.4. The first-order valence-corrected chi connectivity index (χ1v) is 18.6. The maximum Gasteiger partial charge on any atom is 0.308 e. The van der Waals surface area contributed by atoms with Crippen LogP contribution in [-0.4, -0.2) is 23.9 Å². The van der Waals surface area contributed by atoms with Crippen LogP contribution in [0.4, 0.5) is 0 Å². The third-order valence-electron chi connectivity index (χ3n) is 9.24. The third kappa shape index (κ3) is 11.6. The minimum atomic E-state index is -0.324. The van der Waals surface area contributed by atoms with E-state index in [-0.39, 0.29) is 23.9 Å². The van der Waals surface area contributed by atoms with Crippen molar-refractivity contribution in [3.05, 3.63) is 130 Å². The zero-order valence-corrected chi connectivity index (χ0v) is 31.6. The quantitative estimate of drug-likeness (QED) is 0.130. The highest BCUT2D eigenvalue weighted by molar-refractivity contribution is 5.84. The number of benzene rings is 4. The van der Waals surface area contributed by atoms with Gasteiger partial charge in [0.15, 0.2) is 0 Å². The lowest BCUT2D eigenvalue weighted by Crippen LogP contribution is -2.03. The minimum absolute atomic E-state index is 0.324. The van der Waals surface area contributed by atoms with Gasteiger partial charge in [0.1, 0.15) is 23.0 Å². The van der Waals surface area contributed by atoms with Crippen LogP contribution < -0.4 is 18.9 Å². The number of allylic oxidation sites excluding steroid dienone is 2. The number of carbonyl (C=O) groups is 4. The van der Waals surface area contributed by atoms with Crippen LogP contribution in [0.3, 0.4) is 0 Å². The van der Waals surface area contributed by atoms with Gasteiger partial charge in [-0.15, -0.1) is 0 Å². The molecule has 280 valence electrons. The molecule has 6 rings (SSSR count). The fourth-order valence-corrected chi connectivity index (χ4v) is 7.03. The van der Waals surface area contributed by atoms with E-state index in [1.54, 1.807) is 0 Å². The Kier molecular flexibility index (Phi) is 14.1. The predicted octanol–water partition coefficient (Wildman–Crippen LogP) is 10.6. The van der Waals surface area contributed by atoms with Crippen LogP contribution in [0.15, 0.2) is 108 Å². The number of esters is 4. The van der Waals surface area contributed by atoms with Crippen molar-refractivity contribution in [3.8, 4) is 23.0 Å². The molecule has 0 saturated heterocycles. The van der Waals surface area contributed by atoms with Gasteiger partial charge in [0.05, 0.1) is 0 Å². The van der Waals surface area contributed by atoms with Crippen molar-refractivity contribution in [2.45, 2.75) is 91.9 Å². The summed E-state index contributed by atoms with van der Waals surface area (Å²) in [6.07, 6.45) is 11.7. The lowest BCUT2D eigenvalue weighted by atomic mass is 9.85. The molecule has 2 fully saturated rings. The Morgan fingerprint density at radius 2 is 0.537 bits per heavy atom. The average molecular weight is 729 g/mol. The van der Waals surface area contributed by atoms with E-state index in [1.165, 1.54) is 88.5 Å². The highest BCUT2D eigenvalue weighted by Gasteiger charge is 2.17. The molecule has 2 aliphatic rings. The first-order chi connectivity index (χ1) is 26.0. The highest BCUT2D eigenvalue weighted by Crippen LogP contribution is 2.38. The second-order valence-corrected chi connectivity index (χ2v) is 13.6. The molecule has 4 aromatic rings. The van der Waals surface area contributed by atoms with Crippen LogP contribution in [0.25, 0.3) is 11.1 Å². The molecule has 4 aromatic carbocycles. The molecule has 0 bridgehead atoms. The Balaban J connectivity index is 0.000000208. The minimum Gasteiger partial charge on any atom is -0.427 e. The van der Waals surface area contributed by atoms with Gasteiger partial charge < -0.3 is 18.9 Å². The lowest BCUT2D eigenvalue weighted by Gasteiger charge is -2.20. The molecule has 0 N–H and O–H groups in total. The van der Waals surface area contributed by atoms with E-state index >= 15 is 0 Å². The number of carbonyl (C=O) groups excluding carboxylic acids is 4.